The summed E-state index contributed by atoms with van der Waals surface area (Å²) in [7, 11) is 0. The van der Waals surface area contributed by atoms with Crippen molar-refractivity contribution in [3.05, 3.63) is 130 Å². The molecule has 1 nitrogen and oxygen atoms in total. The number of hydrogen-bond acceptors (Lipinski definition) is 1. The second-order valence-corrected chi connectivity index (χ2v) is 11.5. The van der Waals surface area contributed by atoms with Crippen molar-refractivity contribution in [2.45, 2.75) is 32.6 Å². The van der Waals surface area contributed by atoms with E-state index in [9.17, 15) is 0 Å². The Kier molecular flexibility index (Phi) is 8.16. The van der Waals surface area contributed by atoms with Gasteiger partial charge in [-0.2, -0.15) is 0 Å². The molecule has 1 unspecified atom stereocenters. The number of anilines is 3. The fourth-order valence-electron chi connectivity index (χ4n) is 5.28. The maximum absolute atomic E-state index is 4.07. The van der Waals surface area contributed by atoms with Gasteiger partial charge in [0, 0.05) is 25.7 Å². The summed E-state index contributed by atoms with van der Waals surface area (Å²) < 4.78 is 2.13. The van der Waals surface area contributed by atoms with E-state index in [4.69, 9.17) is 0 Å². The lowest BCUT2D eigenvalue weighted by Gasteiger charge is -2.27. The largest absolute Gasteiger partial charge is 0.310 e. The summed E-state index contributed by atoms with van der Waals surface area (Å²) in [4.78, 5) is 2.33. The minimum atomic E-state index is 0.490. The van der Waals surface area contributed by atoms with Gasteiger partial charge in [0.1, 0.15) is 0 Å². The van der Waals surface area contributed by atoms with E-state index in [0.717, 1.165) is 26.0 Å². The summed E-state index contributed by atoms with van der Waals surface area (Å²) in [6.07, 6.45) is 4.32. The van der Waals surface area contributed by atoms with E-state index in [2.05, 4.69) is 160 Å². The van der Waals surface area contributed by atoms with Gasteiger partial charge in [-0.15, -0.1) is 0 Å². The zero-order valence-electron chi connectivity index (χ0n) is 21.8. The molecular weight excluding hydrogens is 594 g/mol. The Morgan fingerprint density at radius 1 is 0.763 bits per heavy atom. The van der Waals surface area contributed by atoms with Gasteiger partial charge in [-0.3, -0.25) is 0 Å². The highest BCUT2D eigenvalue weighted by atomic mass is 79.9. The number of hydrogen-bond donors (Lipinski definition) is 0. The van der Waals surface area contributed by atoms with E-state index < -0.39 is 0 Å². The SMILES string of the molecule is C=Cc1ccc(-c2ccc(N(c3ccc(Br)cc3)c3ccc(Br)cc3)c3ccccc23)cc1C(C)CCC. The second kappa shape index (κ2) is 11.7. The van der Waals surface area contributed by atoms with Crippen molar-refractivity contribution in [2.75, 3.05) is 4.90 Å². The van der Waals surface area contributed by atoms with Crippen molar-refractivity contribution in [3.8, 4) is 11.1 Å². The third kappa shape index (κ3) is 5.36. The van der Waals surface area contributed by atoms with Gasteiger partial charge in [0.15, 0.2) is 0 Å². The number of fused-ring (bicyclic) bond motifs is 1. The predicted octanol–water partition coefficient (Wildman–Crippen LogP) is 12.0. The highest BCUT2D eigenvalue weighted by Crippen LogP contribution is 2.43. The van der Waals surface area contributed by atoms with Crippen LogP contribution in [0.15, 0.2) is 119 Å². The van der Waals surface area contributed by atoms with Gasteiger partial charge in [-0.1, -0.05) is 113 Å². The quantitative estimate of drug-likeness (QED) is 0.166. The molecule has 3 heteroatoms. The van der Waals surface area contributed by atoms with Gasteiger partial charge in [0.05, 0.1) is 5.69 Å². The monoisotopic (exact) mass is 623 g/mol. The molecule has 0 saturated carbocycles. The van der Waals surface area contributed by atoms with Crippen LogP contribution in [0.2, 0.25) is 0 Å². The van der Waals surface area contributed by atoms with Gasteiger partial charge in [0.2, 0.25) is 0 Å². The molecule has 0 fully saturated rings. The van der Waals surface area contributed by atoms with Gasteiger partial charge in [0.25, 0.3) is 0 Å². The van der Waals surface area contributed by atoms with Gasteiger partial charge >= 0.3 is 0 Å². The minimum absolute atomic E-state index is 0.490. The van der Waals surface area contributed by atoms with Crippen LogP contribution in [0.3, 0.4) is 0 Å². The second-order valence-electron chi connectivity index (χ2n) is 9.70. The highest BCUT2D eigenvalue weighted by molar-refractivity contribution is 9.10. The zero-order valence-corrected chi connectivity index (χ0v) is 25.0. The maximum atomic E-state index is 4.07. The maximum Gasteiger partial charge on any atom is 0.0540 e. The fraction of sp³-hybridized carbons (Fsp3) is 0.143. The lowest BCUT2D eigenvalue weighted by Crippen LogP contribution is -2.10. The molecule has 0 aliphatic carbocycles. The normalized spacial score (nSPS) is 11.9. The van der Waals surface area contributed by atoms with Crippen LogP contribution in [-0.2, 0) is 0 Å². The Labute approximate surface area is 243 Å². The summed E-state index contributed by atoms with van der Waals surface area (Å²) in [5.41, 5.74) is 8.47. The summed E-state index contributed by atoms with van der Waals surface area (Å²) in [6, 6.07) is 37.1. The molecule has 0 radical (unpaired) electrons. The van der Waals surface area contributed by atoms with Gasteiger partial charge in [-0.05, 0) is 94.6 Å². The van der Waals surface area contributed by atoms with E-state index in [0.29, 0.717) is 5.92 Å². The molecule has 0 N–H and O–H groups in total. The number of benzene rings is 5. The number of nitrogens with zero attached hydrogens (tertiary/aromatic N) is 1. The first-order chi connectivity index (χ1) is 18.5. The molecule has 190 valence electrons. The Morgan fingerprint density at radius 2 is 1.37 bits per heavy atom. The smallest absolute Gasteiger partial charge is 0.0540 e. The van der Waals surface area contributed by atoms with E-state index in [1.54, 1.807) is 0 Å². The van der Waals surface area contributed by atoms with Crippen LogP contribution in [0.4, 0.5) is 17.1 Å². The summed E-state index contributed by atoms with van der Waals surface area (Å²) in [5.74, 6) is 0.490. The molecule has 5 rings (SSSR count). The van der Waals surface area contributed by atoms with E-state index in [-0.39, 0.29) is 0 Å². The van der Waals surface area contributed by atoms with Crippen molar-refractivity contribution in [3.63, 3.8) is 0 Å². The van der Waals surface area contributed by atoms with Crippen molar-refractivity contribution in [1.29, 1.82) is 0 Å². The van der Waals surface area contributed by atoms with Crippen LogP contribution < -0.4 is 4.90 Å². The third-order valence-corrected chi connectivity index (χ3v) is 8.24. The van der Waals surface area contributed by atoms with Crippen molar-refractivity contribution >= 4 is 65.8 Å². The molecule has 1 atom stereocenters. The Morgan fingerprint density at radius 3 is 1.95 bits per heavy atom. The zero-order chi connectivity index (χ0) is 26.6. The van der Waals surface area contributed by atoms with Crippen LogP contribution in [0.1, 0.15) is 43.7 Å². The third-order valence-electron chi connectivity index (χ3n) is 7.18. The molecule has 5 aromatic carbocycles. The lowest BCUT2D eigenvalue weighted by atomic mass is 9.88. The van der Waals surface area contributed by atoms with Gasteiger partial charge in [-0.25, -0.2) is 0 Å². The van der Waals surface area contributed by atoms with Crippen LogP contribution in [0.5, 0.6) is 0 Å². The predicted molar refractivity (Wildman–Crippen MR) is 173 cm³/mol. The Bertz CT molecular complexity index is 1520. The first-order valence-electron chi connectivity index (χ1n) is 13.1. The van der Waals surface area contributed by atoms with Crippen LogP contribution in [0.25, 0.3) is 28.0 Å². The molecule has 38 heavy (non-hydrogen) atoms. The molecule has 0 spiro atoms. The Hall–Kier alpha value is -3.14. The summed E-state index contributed by atoms with van der Waals surface area (Å²) in [6.45, 7) is 8.65. The lowest BCUT2D eigenvalue weighted by molar-refractivity contribution is 0.664. The van der Waals surface area contributed by atoms with Crippen LogP contribution >= 0.6 is 31.9 Å². The van der Waals surface area contributed by atoms with Crippen molar-refractivity contribution in [2.24, 2.45) is 0 Å². The van der Waals surface area contributed by atoms with Crippen molar-refractivity contribution < 1.29 is 0 Å². The molecule has 0 aliphatic heterocycles. The first-order valence-corrected chi connectivity index (χ1v) is 14.7. The van der Waals surface area contributed by atoms with Crippen LogP contribution in [-0.4, -0.2) is 0 Å². The van der Waals surface area contributed by atoms with E-state index >= 15 is 0 Å². The molecule has 0 aliphatic rings. The molecule has 5 aromatic rings. The number of halogens is 2. The Balaban J connectivity index is 1.70. The first kappa shape index (κ1) is 26.5. The molecule has 0 aromatic heterocycles. The molecular formula is C35H31Br2N. The summed E-state index contributed by atoms with van der Waals surface area (Å²) >= 11 is 7.19. The minimum Gasteiger partial charge on any atom is -0.310 e. The number of rotatable bonds is 8. The topological polar surface area (TPSA) is 3.24 Å². The van der Waals surface area contributed by atoms with E-state index in [1.165, 1.54) is 45.9 Å². The summed E-state index contributed by atoms with van der Waals surface area (Å²) in [5, 5.41) is 2.46. The molecule has 0 heterocycles. The van der Waals surface area contributed by atoms with Crippen LogP contribution in [0, 0.1) is 0 Å². The average Bonchev–Trinajstić information content (AvgIpc) is 2.95. The average molecular weight is 625 g/mol. The molecule has 0 bridgehead atoms. The van der Waals surface area contributed by atoms with E-state index in [1.807, 2.05) is 6.08 Å². The standard InChI is InChI=1S/C35H31Br2N/c1-4-8-24(3)34-23-26(12-11-25(34)5-2)31-21-22-35(33-10-7-6-9-32(31)33)38(29-17-13-27(36)14-18-29)30-19-15-28(37)16-20-30/h5-7,9-24H,2,4,8H2,1,3H3. The van der Waals surface area contributed by atoms with Gasteiger partial charge < -0.3 is 4.90 Å². The van der Waals surface area contributed by atoms with Crippen molar-refractivity contribution in [1.82, 2.24) is 0 Å². The fourth-order valence-corrected chi connectivity index (χ4v) is 5.81. The highest BCUT2D eigenvalue weighted by Gasteiger charge is 2.18. The molecule has 0 saturated heterocycles. The molecule has 0 amide bonds.